The standard InChI is InChI=1S/C19H24N6OS/c1-12(2)18-20-13(3)10-16(23-18)25-7-5-24(6-8-25)11-15-21-14-4-9-27-17(14)19(26)22-15/h4,9-10,12H,5-8,11H2,1-3H3,(H,21,22,26). The van der Waals surface area contributed by atoms with Gasteiger partial charge in [0.05, 0.1) is 12.1 Å². The molecule has 0 saturated carbocycles. The van der Waals surface area contributed by atoms with Gasteiger partial charge >= 0.3 is 0 Å². The van der Waals surface area contributed by atoms with Crippen molar-refractivity contribution >= 4 is 27.4 Å². The highest BCUT2D eigenvalue weighted by Crippen LogP contribution is 2.19. The summed E-state index contributed by atoms with van der Waals surface area (Å²) in [4.78, 5) is 33.6. The summed E-state index contributed by atoms with van der Waals surface area (Å²) in [5, 5.41) is 1.91. The number of rotatable bonds is 4. The van der Waals surface area contributed by atoms with Crippen molar-refractivity contribution in [3.05, 3.63) is 45.2 Å². The Morgan fingerprint density at radius 3 is 2.70 bits per heavy atom. The summed E-state index contributed by atoms with van der Waals surface area (Å²) in [7, 11) is 0. The number of fused-ring (bicyclic) bond motifs is 1. The number of hydrogen-bond acceptors (Lipinski definition) is 7. The topological polar surface area (TPSA) is 78.0 Å². The van der Waals surface area contributed by atoms with E-state index in [0.717, 1.165) is 54.9 Å². The number of H-pyrrole nitrogens is 1. The third kappa shape index (κ3) is 3.86. The van der Waals surface area contributed by atoms with Gasteiger partial charge in [0.2, 0.25) is 0 Å². The quantitative estimate of drug-likeness (QED) is 0.745. The Kier molecular flexibility index (Phi) is 4.92. The summed E-state index contributed by atoms with van der Waals surface area (Å²) in [5.41, 5.74) is 1.76. The molecule has 142 valence electrons. The van der Waals surface area contributed by atoms with Crippen LogP contribution in [0.3, 0.4) is 0 Å². The van der Waals surface area contributed by atoms with Gasteiger partial charge in [-0.15, -0.1) is 11.3 Å². The largest absolute Gasteiger partial charge is 0.354 e. The Bertz CT molecular complexity index is 1000. The van der Waals surface area contributed by atoms with E-state index in [-0.39, 0.29) is 5.56 Å². The summed E-state index contributed by atoms with van der Waals surface area (Å²) in [6.45, 7) is 10.5. The molecule has 1 N–H and O–H groups in total. The van der Waals surface area contributed by atoms with Crippen LogP contribution in [0.2, 0.25) is 0 Å². The molecule has 0 unspecified atom stereocenters. The molecule has 1 fully saturated rings. The molecule has 27 heavy (non-hydrogen) atoms. The molecule has 0 radical (unpaired) electrons. The molecule has 0 aromatic carbocycles. The van der Waals surface area contributed by atoms with Crippen LogP contribution in [0.4, 0.5) is 5.82 Å². The fourth-order valence-corrected chi connectivity index (χ4v) is 4.06. The Morgan fingerprint density at radius 2 is 1.96 bits per heavy atom. The van der Waals surface area contributed by atoms with Gasteiger partial charge in [0.15, 0.2) is 0 Å². The van der Waals surface area contributed by atoms with Crippen molar-refractivity contribution < 1.29 is 0 Å². The van der Waals surface area contributed by atoms with Crippen molar-refractivity contribution in [2.45, 2.75) is 33.2 Å². The van der Waals surface area contributed by atoms with E-state index in [1.807, 2.05) is 18.4 Å². The minimum Gasteiger partial charge on any atom is -0.354 e. The number of piperazine rings is 1. The number of aromatic nitrogens is 4. The zero-order chi connectivity index (χ0) is 19.0. The number of anilines is 1. The van der Waals surface area contributed by atoms with Crippen molar-refractivity contribution in [1.29, 1.82) is 0 Å². The number of aryl methyl sites for hydroxylation is 1. The van der Waals surface area contributed by atoms with Crippen molar-refractivity contribution in [3.8, 4) is 0 Å². The smallest absolute Gasteiger partial charge is 0.268 e. The van der Waals surface area contributed by atoms with E-state index in [0.29, 0.717) is 17.2 Å². The molecule has 3 aromatic heterocycles. The number of nitrogens with one attached hydrogen (secondary N) is 1. The van der Waals surface area contributed by atoms with E-state index >= 15 is 0 Å². The van der Waals surface area contributed by atoms with Gasteiger partial charge in [-0.1, -0.05) is 13.8 Å². The van der Waals surface area contributed by atoms with Gasteiger partial charge in [0, 0.05) is 43.9 Å². The van der Waals surface area contributed by atoms with Crippen LogP contribution >= 0.6 is 11.3 Å². The first kappa shape index (κ1) is 18.1. The molecule has 3 aromatic rings. The second-order valence-electron chi connectivity index (χ2n) is 7.29. The molecule has 4 rings (SSSR count). The van der Waals surface area contributed by atoms with Crippen LogP contribution in [0.25, 0.3) is 10.2 Å². The molecular formula is C19H24N6OS. The highest BCUT2D eigenvalue weighted by Gasteiger charge is 2.20. The van der Waals surface area contributed by atoms with E-state index in [2.05, 4.69) is 44.7 Å². The van der Waals surface area contributed by atoms with E-state index in [1.165, 1.54) is 11.3 Å². The Morgan fingerprint density at radius 1 is 1.19 bits per heavy atom. The fraction of sp³-hybridized carbons (Fsp3) is 0.474. The maximum Gasteiger partial charge on any atom is 0.268 e. The van der Waals surface area contributed by atoms with Gasteiger partial charge in [0.25, 0.3) is 5.56 Å². The monoisotopic (exact) mass is 384 g/mol. The number of hydrogen-bond donors (Lipinski definition) is 1. The lowest BCUT2D eigenvalue weighted by Gasteiger charge is -2.35. The van der Waals surface area contributed by atoms with Crippen molar-refractivity contribution in [2.24, 2.45) is 0 Å². The van der Waals surface area contributed by atoms with Gasteiger partial charge < -0.3 is 9.88 Å². The van der Waals surface area contributed by atoms with Crippen molar-refractivity contribution in [2.75, 3.05) is 31.1 Å². The van der Waals surface area contributed by atoms with E-state index in [4.69, 9.17) is 4.98 Å². The van der Waals surface area contributed by atoms with Crippen LogP contribution in [-0.2, 0) is 6.54 Å². The average Bonchev–Trinajstić information content (AvgIpc) is 3.11. The second kappa shape index (κ2) is 7.36. The molecular weight excluding hydrogens is 360 g/mol. The van der Waals surface area contributed by atoms with Crippen molar-refractivity contribution in [1.82, 2.24) is 24.8 Å². The van der Waals surface area contributed by atoms with Gasteiger partial charge in [-0.25, -0.2) is 15.0 Å². The molecule has 0 spiro atoms. The maximum atomic E-state index is 12.1. The predicted octanol–water partition coefficient (Wildman–Crippen LogP) is 2.53. The third-order valence-electron chi connectivity index (χ3n) is 4.81. The van der Waals surface area contributed by atoms with Crippen LogP contribution in [0, 0.1) is 6.92 Å². The molecule has 0 bridgehead atoms. The number of thiophene rings is 1. The van der Waals surface area contributed by atoms with Crippen LogP contribution in [0.15, 0.2) is 22.3 Å². The zero-order valence-electron chi connectivity index (χ0n) is 15.9. The Hall–Kier alpha value is -2.32. The molecule has 1 aliphatic heterocycles. The molecule has 0 amide bonds. The molecule has 8 heteroatoms. The normalized spacial score (nSPS) is 15.8. The Labute approximate surface area is 162 Å². The lowest BCUT2D eigenvalue weighted by molar-refractivity contribution is 0.243. The third-order valence-corrected chi connectivity index (χ3v) is 5.71. The number of aromatic amines is 1. The van der Waals surface area contributed by atoms with E-state index in [9.17, 15) is 4.79 Å². The van der Waals surface area contributed by atoms with Gasteiger partial charge in [-0.3, -0.25) is 9.69 Å². The molecule has 0 atom stereocenters. The SMILES string of the molecule is Cc1cc(N2CCN(Cc3nc4ccsc4c(=O)[nH]3)CC2)nc(C(C)C)n1. The summed E-state index contributed by atoms with van der Waals surface area (Å²) in [6.07, 6.45) is 0. The fourth-order valence-electron chi connectivity index (χ4n) is 3.34. The first-order valence-electron chi connectivity index (χ1n) is 9.29. The lowest BCUT2D eigenvalue weighted by Crippen LogP contribution is -2.46. The average molecular weight is 385 g/mol. The van der Waals surface area contributed by atoms with Crippen molar-refractivity contribution in [3.63, 3.8) is 0 Å². The van der Waals surface area contributed by atoms with Crippen LogP contribution in [-0.4, -0.2) is 51.0 Å². The van der Waals surface area contributed by atoms with E-state index < -0.39 is 0 Å². The van der Waals surface area contributed by atoms with Crippen LogP contribution in [0.5, 0.6) is 0 Å². The predicted molar refractivity (Wildman–Crippen MR) is 109 cm³/mol. The minimum atomic E-state index is -0.0405. The second-order valence-corrected chi connectivity index (χ2v) is 8.21. The summed E-state index contributed by atoms with van der Waals surface area (Å²) >= 11 is 1.43. The Balaban J connectivity index is 1.43. The zero-order valence-corrected chi connectivity index (χ0v) is 16.7. The molecule has 4 heterocycles. The minimum absolute atomic E-state index is 0.0405. The van der Waals surface area contributed by atoms with Gasteiger partial charge in [-0.05, 0) is 18.4 Å². The highest BCUT2D eigenvalue weighted by atomic mass is 32.1. The summed E-state index contributed by atoms with van der Waals surface area (Å²) in [6, 6.07) is 3.96. The number of nitrogens with zero attached hydrogens (tertiary/aromatic N) is 5. The van der Waals surface area contributed by atoms with Crippen LogP contribution in [0.1, 0.15) is 37.1 Å². The molecule has 1 aliphatic rings. The molecule has 0 aliphatic carbocycles. The van der Waals surface area contributed by atoms with E-state index in [1.54, 1.807) is 0 Å². The first-order valence-corrected chi connectivity index (χ1v) is 10.2. The van der Waals surface area contributed by atoms with Gasteiger partial charge in [-0.2, -0.15) is 0 Å². The van der Waals surface area contributed by atoms with Crippen LogP contribution < -0.4 is 10.5 Å². The maximum absolute atomic E-state index is 12.1. The van der Waals surface area contributed by atoms with Gasteiger partial charge in [0.1, 0.15) is 22.2 Å². The highest BCUT2D eigenvalue weighted by molar-refractivity contribution is 7.17. The molecule has 1 saturated heterocycles. The first-order chi connectivity index (χ1) is 13.0. The summed E-state index contributed by atoms with van der Waals surface area (Å²) < 4.78 is 0.698. The molecule has 7 nitrogen and oxygen atoms in total. The lowest BCUT2D eigenvalue weighted by atomic mass is 10.2. The summed E-state index contributed by atoms with van der Waals surface area (Å²) in [5.74, 6) is 2.97.